The number of sulfonamides is 1. The molecule has 1 heterocycles. The van der Waals surface area contributed by atoms with E-state index in [1.54, 1.807) is 32.0 Å². The zero-order chi connectivity index (χ0) is 22.1. The van der Waals surface area contributed by atoms with E-state index in [9.17, 15) is 13.2 Å². The molecule has 0 radical (unpaired) electrons. The van der Waals surface area contributed by atoms with Gasteiger partial charge in [0.05, 0.1) is 16.3 Å². The van der Waals surface area contributed by atoms with E-state index in [2.05, 4.69) is 26.9 Å². The molecule has 30 heavy (non-hydrogen) atoms. The number of nitrogens with one attached hydrogen (secondary N) is 2. The molecule has 0 bridgehead atoms. The summed E-state index contributed by atoms with van der Waals surface area (Å²) in [5.41, 5.74) is 3.11. The lowest BCUT2D eigenvalue weighted by Crippen LogP contribution is -2.44. The lowest BCUT2D eigenvalue weighted by molar-refractivity contribution is 0.102. The number of hydrogen-bond acceptors (Lipinski definition) is 5. The number of aryl methyl sites for hydroxylation is 1. The van der Waals surface area contributed by atoms with Crippen LogP contribution in [0.4, 0.5) is 11.4 Å². The number of amides is 1. The van der Waals surface area contributed by atoms with Gasteiger partial charge in [-0.2, -0.15) is 0 Å². The van der Waals surface area contributed by atoms with Gasteiger partial charge in [-0.15, -0.1) is 0 Å². The molecule has 3 rings (SSSR count). The van der Waals surface area contributed by atoms with Crippen molar-refractivity contribution in [3.8, 4) is 0 Å². The Bertz CT molecular complexity index is 1060. The zero-order valence-corrected chi connectivity index (χ0v) is 19.2. The predicted molar refractivity (Wildman–Crippen MR) is 121 cm³/mol. The zero-order valence-electron chi connectivity index (χ0n) is 17.6. The Balaban J connectivity index is 1.94. The first-order valence-corrected chi connectivity index (χ1v) is 11.6. The van der Waals surface area contributed by atoms with Crippen molar-refractivity contribution in [3.63, 3.8) is 0 Å². The van der Waals surface area contributed by atoms with E-state index in [4.69, 9.17) is 11.6 Å². The summed E-state index contributed by atoms with van der Waals surface area (Å²) >= 11 is 6.19. The highest BCUT2D eigenvalue weighted by Crippen LogP contribution is 2.31. The number of likely N-dealkylation sites (N-methyl/N-ethyl adjacent to an activating group) is 1. The monoisotopic (exact) mass is 450 g/mol. The van der Waals surface area contributed by atoms with Gasteiger partial charge in [0.15, 0.2) is 0 Å². The number of carbonyl (C=O) groups is 1. The highest BCUT2D eigenvalue weighted by molar-refractivity contribution is 7.89. The van der Waals surface area contributed by atoms with Crippen molar-refractivity contribution in [2.75, 3.05) is 50.5 Å². The quantitative estimate of drug-likeness (QED) is 0.732. The normalized spacial score (nSPS) is 15.3. The van der Waals surface area contributed by atoms with Gasteiger partial charge in [0.1, 0.15) is 0 Å². The Morgan fingerprint density at radius 2 is 1.73 bits per heavy atom. The molecule has 1 aliphatic rings. The first-order valence-electron chi connectivity index (χ1n) is 9.71. The van der Waals surface area contributed by atoms with Crippen LogP contribution >= 0.6 is 11.6 Å². The Morgan fingerprint density at radius 3 is 2.37 bits per heavy atom. The number of anilines is 2. The van der Waals surface area contributed by atoms with Crippen LogP contribution in [0.5, 0.6) is 0 Å². The molecular weight excluding hydrogens is 424 g/mol. The van der Waals surface area contributed by atoms with Gasteiger partial charge in [-0.05, 0) is 69.4 Å². The fourth-order valence-electron chi connectivity index (χ4n) is 3.47. The molecule has 0 spiro atoms. The van der Waals surface area contributed by atoms with E-state index in [1.165, 1.54) is 13.1 Å². The molecule has 1 amide bonds. The summed E-state index contributed by atoms with van der Waals surface area (Å²) < 4.78 is 27.1. The predicted octanol–water partition coefficient (Wildman–Crippen LogP) is 2.87. The van der Waals surface area contributed by atoms with Crippen molar-refractivity contribution in [1.82, 2.24) is 9.62 Å². The fourth-order valence-corrected chi connectivity index (χ4v) is 4.71. The molecule has 0 saturated carbocycles. The molecule has 0 aliphatic carbocycles. The summed E-state index contributed by atoms with van der Waals surface area (Å²) in [5.74, 6) is -0.386. The van der Waals surface area contributed by atoms with Gasteiger partial charge in [-0.25, -0.2) is 13.1 Å². The van der Waals surface area contributed by atoms with Crippen LogP contribution in [0.1, 0.15) is 21.5 Å². The number of hydrogen-bond donors (Lipinski definition) is 2. The van der Waals surface area contributed by atoms with E-state index < -0.39 is 10.0 Å². The van der Waals surface area contributed by atoms with Gasteiger partial charge in [0, 0.05) is 36.8 Å². The van der Waals surface area contributed by atoms with E-state index in [0.717, 1.165) is 37.4 Å². The van der Waals surface area contributed by atoms with Crippen LogP contribution in [0.3, 0.4) is 0 Å². The van der Waals surface area contributed by atoms with Crippen LogP contribution in [0.25, 0.3) is 0 Å². The minimum absolute atomic E-state index is 0.0977. The Labute approximate surface area is 183 Å². The maximum atomic E-state index is 13.0. The lowest BCUT2D eigenvalue weighted by atomic mass is 10.1. The van der Waals surface area contributed by atoms with Gasteiger partial charge in [0.2, 0.25) is 10.0 Å². The highest BCUT2D eigenvalue weighted by atomic mass is 35.5. The maximum Gasteiger partial charge on any atom is 0.255 e. The standard InChI is InChI=1S/C21H27ClN4O3S/c1-14-11-16(12-20(15(14)2)30(28,29)23-3)21(27)24-18-13-17(22)5-6-19(18)26-9-7-25(4)8-10-26/h5-6,11-13,23H,7-10H2,1-4H3,(H,24,27). The number of carbonyl (C=O) groups excluding carboxylic acids is 1. The third-order valence-electron chi connectivity index (χ3n) is 5.49. The maximum absolute atomic E-state index is 13.0. The Kier molecular flexibility index (Phi) is 6.71. The number of halogens is 1. The molecule has 0 atom stereocenters. The van der Waals surface area contributed by atoms with Gasteiger partial charge < -0.3 is 15.1 Å². The lowest BCUT2D eigenvalue weighted by Gasteiger charge is -2.35. The third kappa shape index (κ3) is 4.78. The fraction of sp³-hybridized carbons (Fsp3) is 0.381. The molecule has 0 aromatic heterocycles. The second-order valence-electron chi connectivity index (χ2n) is 7.53. The molecule has 7 nitrogen and oxygen atoms in total. The van der Waals surface area contributed by atoms with Crippen molar-refractivity contribution in [2.24, 2.45) is 0 Å². The largest absolute Gasteiger partial charge is 0.367 e. The van der Waals surface area contributed by atoms with Crippen LogP contribution in [-0.2, 0) is 10.0 Å². The molecule has 2 aromatic carbocycles. The minimum Gasteiger partial charge on any atom is -0.367 e. The molecule has 0 unspecified atom stereocenters. The van der Waals surface area contributed by atoms with Crippen molar-refractivity contribution in [3.05, 3.63) is 52.0 Å². The van der Waals surface area contributed by atoms with Crippen molar-refractivity contribution in [1.29, 1.82) is 0 Å². The number of benzene rings is 2. The second-order valence-corrected chi connectivity index (χ2v) is 9.82. The number of nitrogens with zero attached hydrogens (tertiary/aromatic N) is 2. The number of rotatable bonds is 5. The van der Waals surface area contributed by atoms with E-state index in [1.807, 2.05) is 6.07 Å². The molecule has 2 N–H and O–H groups in total. The van der Waals surface area contributed by atoms with Gasteiger partial charge in [0.25, 0.3) is 5.91 Å². The summed E-state index contributed by atoms with van der Waals surface area (Å²) in [7, 11) is -0.247. The second kappa shape index (κ2) is 8.93. The van der Waals surface area contributed by atoms with Crippen LogP contribution < -0.4 is 14.9 Å². The minimum atomic E-state index is -3.68. The van der Waals surface area contributed by atoms with Crippen LogP contribution in [0, 0.1) is 13.8 Å². The van der Waals surface area contributed by atoms with Crippen LogP contribution in [0.2, 0.25) is 5.02 Å². The summed E-state index contributed by atoms with van der Waals surface area (Å²) in [6.45, 7) is 7.06. The topological polar surface area (TPSA) is 81.7 Å². The van der Waals surface area contributed by atoms with Crippen LogP contribution in [-0.4, -0.2) is 59.5 Å². The smallest absolute Gasteiger partial charge is 0.255 e. The molecule has 1 fully saturated rings. The average Bonchev–Trinajstić information content (AvgIpc) is 2.70. The van der Waals surface area contributed by atoms with E-state index >= 15 is 0 Å². The average molecular weight is 451 g/mol. The van der Waals surface area contributed by atoms with E-state index in [0.29, 0.717) is 16.3 Å². The molecule has 1 aliphatic heterocycles. The summed E-state index contributed by atoms with van der Waals surface area (Å²) in [5, 5.41) is 3.44. The highest BCUT2D eigenvalue weighted by Gasteiger charge is 2.22. The summed E-state index contributed by atoms with van der Waals surface area (Å²) in [6.07, 6.45) is 0. The summed E-state index contributed by atoms with van der Waals surface area (Å²) in [4.78, 5) is 17.6. The Morgan fingerprint density at radius 1 is 1.07 bits per heavy atom. The first-order chi connectivity index (χ1) is 14.1. The van der Waals surface area contributed by atoms with Crippen molar-refractivity contribution >= 4 is 38.9 Å². The van der Waals surface area contributed by atoms with Gasteiger partial charge in [-0.1, -0.05) is 11.6 Å². The molecule has 162 valence electrons. The molecule has 9 heteroatoms. The first kappa shape index (κ1) is 22.6. The summed E-state index contributed by atoms with van der Waals surface area (Å²) in [6, 6.07) is 8.53. The molecular formula is C21H27ClN4O3S. The van der Waals surface area contributed by atoms with Crippen molar-refractivity contribution in [2.45, 2.75) is 18.7 Å². The molecule has 1 saturated heterocycles. The SMILES string of the molecule is CNS(=O)(=O)c1cc(C(=O)Nc2cc(Cl)ccc2N2CCN(C)CC2)cc(C)c1C. The molecule has 2 aromatic rings. The van der Waals surface area contributed by atoms with Crippen LogP contribution in [0.15, 0.2) is 35.2 Å². The van der Waals surface area contributed by atoms with E-state index in [-0.39, 0.29) is 16.4 Å². The van der Waals surface area contributed by atoms with Gasteiger partial charge in [-0.3, -0.25) is 4.79 Å². The van der Waals surface area contributed by atoms with Gasteiger partial charge >= 0.3 is 0 Å². The third-order valence-corrected chi connectivity index (χ3v) is 7.27. The Hall–Kier alpha value is -2.13. The number of piperazine rings is 1. The van der Waals surface area contributed by atoms with Crippen molar-refractivity contribution < 1.29 is 13.2 Å².